The molecular weight excluding hydrogens is 314 g/mol. The number of hydrogen-bond donors (Lipinski definition) is 2. The van der Waals surface area contributed by atoms with Crippen molar-refractivity contribution in [1.29, 1.82) is 0 Å². The molecule has 0 aromatic heterocycles. The number of nitrogens with one attached hydrogen (secondary N) is 1. The third kappa shape index (κ3) is 6.21. The average Bonchev–Trinajstić information content (AvgIpc) is 2.61. The van der Waals surface area contributed by atoms with E-state index in [0.29, 0.717) is 38.6 Å². The lowest BCUT2D eigenvalue weighted by Gasteiger charge is -2.26. The Labute approximate surface area is 140 Å². The molecule has 2 rings (SSSR count). The number of ether oxygens (including phenoxy) is 1. The van der Waals surface area contributed by atoms with Crippen molar-refractivity contribution < 1.29 is 14.3 Å². The SMILES string of the molecule is NC(CNC(=O)CSCC(=O)N1CCOCC1)c1ccccc1. The molecule has 7 heteroatoms. The molecule has 23 heavy (non-hydrogen) atoms. The van der Waals surface area contributed by atoms with Crippen LogP contribution in [0.2, 0.25) is 0 Å². The Hall–Kier alpha value is -1.57. The lowest BCUT2D eigenvalue weighted by Crippen LogP contribution is -2.41. The summed E-state index contributed by atoms with van der Waals surface area (Å²) in [5.41, 5.74) is 7.01. The fraction of sp³-hybridized carbons (Fsp3) is 0.500. The van der Waals surface area contributed by atoms with Crippen LogP contribution in [0.15, 0.2) is 30.3 Å². The number of nitrogens with zero attached hydrogens (tertiary/aromatic N) is 1. The van der Waals surface area contributed by atoms with Crippen molar-refractivity contribution in [2.24, 2.45) is 5.73 Å². The van der Waals surface area contributed by atoms with E-state index in [9.17, 15) is 9.59 Å². The summed E-state index contributed by atoms with van der Waals surface area (Å²) in [6.45, 7) is 2.85. The molecule has 1 fully saturated rings. The quantitative estimate of drug-likeness (QED) is 0.752. The van der Waals surface area contributed by atoms with Gasteiger partial charge in [-0.15, -0.1) is 11.8 Å². The standard InChI is InChI=1S/C16H23N3O3S/c17-14(13-4-2-1-3-5-13)10-18-15(20)11-23-12-16(21)19-6-8-22-9-7-19/h1-5,14H,6-12,17H2,(H,18,20). The van der Waals surface area contributed by atoms with Crippen LogP contribution in [0.3, 0.4) is 0 Å². The Bertz CT molecular complexity index is 507. The molecule has 1 saturated heterocycles. The van der Waals surface area contributed by atoms with Gasteiger partial charge < -0.3 is 20.7 Å². The van der Waals surface area contributed by atoms with Crippen LogP contribution in [-0.2, 0) is 14.3 Å². The highest BCUT2D eigenvalue weighted by atomic mass is 32.2. The molecule has 1 aromatic carbocycles. The van der Waals surface area contributed by atoms with Gasteiger partial charge in [0.25, 0.3) is 0 Å². The fourth-order valence-electron chi connectivity index (χ4n) is 2.23. The third-order valence-corrected chi connectivity index (χ3v) is 4.49. The minimum absolute atomic E-state index is 0.0621. The number of benzene rings is 1. The minimum atomic E-state index is -0.222. The van der Waals surface area contributed by atoms with E-state index >= 15 is 0 Å². The maximum Gasteiger partial charge on any atom is 0.232 e. The number of morpholine rings is 1. The van der Waals surface area contributed by atoms with Crippen LogP contribution in [0.5, 0.6) is 0 Å². The van der Waals surface area contributed by atoms with Gasteiger partial charge in [0.1, 0.15) is 0 Å². The van der Waals surface area contributed by atoms with E-state index in [1.165, 1.54) is 11.8 Å². The Morgan fingerprint density at radius 3 is 2.61 bits per heavy atom. The second-order valence-corrected chi connectivity index (χ2v) is 6.29. The molecule has 3 N–H and O–H groups in total. The Balaban J connectivity index is 1.60. The van der Waals surface area contributed by atoms with Gasteiger partial charge in [-0.05, 0) is 5.56 Å². The van der Waals surface area contributed by atoms with E-state index in [4.69, 9.17) is 10.5 Å². The highest BCUT2D eigenvalue weighted by Gasteiger charge is 2.17. The summed E-state index contributed by atoms with van der Waals surface area (Å²) >= 11 is 1.33. The maximum atomic E-state index is 11.9. The number of nitrogens with two attached hydrogens (primary N) is 1. The van der Waals surface area contributed by atoms with Gasteiger partial charge in [-0.1, -0.05) is 30.3 Å². The summed E-state index contributed by atoms with van der Waals surface area (Å²) in [5.74, 6) is 0.540. The molecule has 1 heterocycles. The van der Waals surface area contributed by atoms with Crippen molar-refractivity contribution in [3.63, 3.8) is 0 Å². The van der Waals surface area contributed by atoms with Gasteiger partial charge in [0.15, 0.2) is 0 Å². The van der Waals surface area contributed by atoms with E-state index < -0.39 is 0 Å². The molecule has 6 nitrogen and oxygen atoms in total. The zero-order valence-electron chi connectivity index (χ0n) is 13.1. The average molecular weight is 337 g/mol. The summed E-state index contributed by atoms with van der Waals surface area (Å²) in [6.07, 6.45) is 0. The largest absolute Gasteiger partial charge is 0.378 e. The van der Waals surface area contributed by atoms with Crippen LogP contribution < -0.4 is 11.1 Å². The summed E-state index contributed by atoms with van der Waals surface area (Å²) in [4.78, 5) is 25.5. The van der Waals surface area contributed by atoms with Crippen LogP contribution in [0, 0.1) is 0 Å². The topological polar surface area (TPSA) is 84.7 Å². The predicted octanol–water partition coefficient (Wildman–Crippen LogP) is 0.395. The van der Waals surface area contributed by atoms with Gasteiger partial charge in [-0.25, -0.2) is 0 Å². The minimum Gasteiger partial charge on any atom is -0.378 e. The molecule has 0 bridgehead atoms. The molecule has 2 amide bonds. The summed E-state index contributed by atoms with van der Waals surface area (Å²) in [5, 5.41) is 2.80. The summed E-state index contributed by atoms with van der Waals surface area (Å²) < 4.78 is 5.21. The molecule has 1 aliphatic heterocycles. The first-order valence-electron chi connectivity index (χ1n) is 7.67. The van der Waals surface area contributed by atoms with Gasteiger partial charge in [-0.3, -0.25) is 9.59 Å². The van der Waals surface area contributed by atoms with Gasteiger partial charge >= 0.3 is 0 Å². The smallest absolute Gasteiger partial charge is 0.232 e. The maximum absolute atomic E-state index is 11.9. The Morgan fingerprint density at radius 2 is 1.91 bits per heavy atom. The van der Waals surface area contributed by atoms with Crippen molar-refractivity contribution in [3.8, 4) is 0 Å². The molecule has 1 aromatic rings. The van der Waals surface area contributed by atoms with Crippen molar-refractivity contribution in [2.45, 2.75) is 6.04 Å². The number of carbonyl (C=O) groups excluding carboxylic acids is 2. The molecule has 0 spiro atoms. The summed E-state index contributed by atoms with van der Waals surface area (Å²) in [6, 6.07) is 9.42. The highest BCUT2D eigenvalue weighted by molar-refractivity contribution is 8.00. The number of rotatable bonds is 7. The second-order valence-electron chi connectivity index (χ2n) is 5.31. The summed E-state index contributed by atoms with van der Waals surface area (Å²) in [7, 11) is 0. The second kappa shape index (κ2) is 9.54. The third-order valence-electron chi connectivity index (χ3n) is 3.57. The molecule has 0 radical (unpaired) electrons. The van der Waals surface area contributed by atoms with Crippen LogP contribution in [0.4, 0.5) is 0 Å². The van der Waals surface area contributed by atoms with E-state index in [1.54, 1.807) is 4.90 Å². The van der Waals surface area contributed by atoms with E-state index in [2.05, 4.69) is 5.32 Å². The van der Waals surface area contributed by atoms with E-state index in [1.807, 2.05) is 30.3 Å². The fourth-order valence-corrected chi connectivity index (χ4v) is 2.97. The highest BCUT2D eigenvalue weighted by Crippen LogP contribution is 2.08. The molecule has 1 atom stereocenters. The van der Waals surface area contributed by atoms with Crippen molar-refractivity contribution >= 4 is 23.6 Å². The van der Waals surface area contributed by atoms with Gasteiger partial charge in [0.05, 0.1) is 24.7 Å². The van der Waals surface area contributed by atoms with Crippen LogP contribution in [0.1, 0.15) is 11.6 Å². The normalized spacial score (nSPS) is 16.0. The van der Waals surface area contributed by atoms with E-state index in [-0.39, 0.29) is 23.6 Å². The Morgan fingerprint density at radius 1 is 1.22 bits per heavy atom. The number of amides is 2. The predicted molar refractivity (Wildman–Crippen MR) is 91.1 cm³/mol. The molecule has 0 saturated carbocycles. The van der Waals surface area contributed by atoms with Crippen LogP contribution in [-0.4, -0.2) is 61.1 Å². The first kappa shape index (κ1) is 17.8. The van der Waals surface area contributed by atoms with Crippen LogP contribution in [0.25, 0.3) is 0 Å². The molecule has 1 unspecified atom stereocenters. The molecule has 126 valence electrons. The first-order chi connectivity index (χ1) is 11.2. The molecule has 0 aliphatic carbocycles. The number of carbonyl (C=O) groups is 2. The molecular formula is C16H23N3O3S. The number of hydrogen-bond acceptors (Lipinski definition) is 5. The Kier molecular flexibility index (Phi) is 7.38. The lowest BCUT2D eigenvalue weighted by molar-refractivity contribution is -0.132. The van der Waals surface area contributed by atoms with Gasteiger partial charge in [-0.2, -0.15) is 0 Å². The zero-order chi connectivity index (χ0) is 16.5. The first-order valence-corrected chi connectivity index (χ1v) is 8.83. The monoisotopic (exact) mass is 337 g/mol. The van der Waals surface area contributed by atoms with Crippen molar-refractivity contribution in [2.75, 3.05) is 44.4 Å². The van der Waals surface area contributed by atoms with E-state index in [0.717, 1.165) is 5.56 Å². The molecule has 1 aliphatic rings. The number of thioether (sulfide) groups is 1. The van der Waals surface area contributed by atoms with Gasteiger partial charge in [0.2, 0.25) is 11.8 Å². The van der Waals surface area contributed by atoms with Crippen molar-refractivity contribution in [3.05, 3.63) is 35.9 Å². The van der Waals surface area contributed by atoms with Crippen LogP contribution >= 0.6 is 11.8 Å². The van der Waals surface area contributed by atoms with Crippen molar-refractivity contribution in [1.82, 2.24) is 10.2 Å². The van der Waals surface area contributed by atoms with Gasteiger partial charge in [0, 0.05) is 25.7 Å². The lowest BCUT2D eigenvalue weighted by atomic mass is 10.1. The zero-order valence-corrected chi connectivity index (χ0v) is 13.9.